The van der Waals surface area contributed by atoms with Gasteiger partial charge in [0.25, 0.3) is 5.91 Å². The molecule has 0 aliphatic carbocycles. The number of nitrogens with one attached hydrogen (secondary N) is 1. The summed E-state index contributed by atoms with van der Waals surface area (Å²) in [5, 5.41) is 12.4. The molecule has 2 N–H and O–H groups in total. The number of aromatic nitrogens is 1. The first-order valence-corrected chi connectivity index (χ1v) is 6.62. The first-order valence-electron chi connectivity index (χ1n) is 6.62. The Morgan fingerprint density at radius 3 is 2.65 bits per heavy atom. The number of amides is 1. The molecule has 2 aromatic rings. The minimum absolute atomic E-state index is 0.127. The smallest absolute Gasteiger partial charge is 0.251 e. The minimum Gasteiger partial charge on any atom is -0.387 e. The number of hydrogen-bond acceptors (Lipinski definition) is 3. The van der Waals surface area contributed by atoms with Crippen molar-refractivity contribution < 1.29 is 9.90 Å². The molecule has 20 heavy (non-hydrogen) atoms. The molecule has 1 aromatic carbocycles. The molecule has 1 atom stereocenters. The van der Waals surface area contributed by atoms with Crippen LogP contribution in [0.4, 0.5) is 0 Å². The van der Waals surface area contributed by atoms with E-state index in [-0.39, 0.29) is 5.91 Å². The average molecular weight is 270 g/mol. The van der Waals surface area contributed by atoms with Gasteiger partial charge in [-0.3, -0.25) is 9.78 Å². The van der Waals surface area contributed by atoms with E-state index in [9.17, 15) is 9.90 Å². The highest BCUT2D eigenvalue weighted by molar-refractivity contribution is 6.00. The van der Waals surface area contributed by atoms with E-state index >= 15 is 0 Å². The van der Waals surface area contributed by atoms with Crippen molar-refractivity contribution in [2.24, 2.45) is 0 Å². The van der Waals surface area contributed by atoms with Crippen molar-refractivity contribution in [2.75, 3.05) is 7.05 Å². The fraction of sp³-hybridized carbons (Fsp3) is 0.250. The van der Waals surface area contributed by atoms with Crippen LogP contribution in [0.3, 0.4) is 0 Å². The Bertz CT molecular complexity index is 594. The zero-order valence-corrected chi connectivity index (χ0v) is 11.6. The Balaban J connectivity index is 2.39. The van der Waals surface area contributed by atoms with Gasteiger partial charge in [-0.15, -0.1) is 0 Å². The van der Waals surface area contributed by atoms with Gasteiger partial charge in [0, 0.05) is 24.4 Å². The molecule has 0 bridgehead atoms. The van der Waals surface area contributed by atoms with Crippen LogP contribution < -0.4 is 5.32 Å². The van der Waals surface area contributed by atoms with E-state index in [1.165, 1.54) is 0 Å². The number of rotatable bonds is 4. The lowest BCUT2D eigenvalue weighted by Gasteiger charge is -2.10. The lowest BCUT2D eigenvalue weighted by molar-refractivity contribution is 0.0963. The van der Waals surface area contributed by atoms with Gasteiger partial charge in [-0.05, 0) is 24.1 Å². The van der Waals surface area contributed by atoms with Crippen LogP contribution in [0, 0.1) is 0 Å². The molecule has 1 aromatic heterocycles. The maximum Gasteiger partial charge on any atom is 0.251 e. The van der Waals surface area contributed by atoms with E-state index < -0.39 is 6.10 Å². The quantitative estimate of drug-likeness (QED) is 0.897. The highest BCUT2D eigenvalue weighted by Gasteiger charge is 2.12. The summed E-state index contributed by atoms with van der Waals surface area (Å²) in [5.41, 5.74) is 2.95. The summed E-state index contributed by atoms with van der Waals surface area (Å²) in [6, 6.07) is 11.1. The number of nitrogens with zero attached hydrogens (tertiary/aromatic N) is 1. The van der Waals surface area contributed by atoms with Gasteiger partial charge in [-0.1, -0.05) is 31.2 Å². The molecule has 1 heterocycles. The van der Waals surface area contributed by atoms with Gasteiger partial charge in [0.1, 0.15) is 0 Å². The van der Waals surface area contributed by atoms with Crippen LogP contribution in [-0.2, 0) is 0 Å². The molecular weight excluding hydrogens is 252 g/mol. The second-order valence-electron chi connectivity index (χ2n) is 4.52. The van der Waals surface area contributed by atoms with Gasteiger partial charge >= 0.3 is 0 Å². The lowest BCUT2D eigenvalue weighted by atomic mass is 10.00. The minimum atomic E-state index is -0.543. The summed E-state index contributed by atoms with van der Waals surface area (Å²) in [5.74, 6) is -0.127. The van der Waals surface area contributed by atoms with Crippen LogP contribution in [0.1, 0.15) is 35.5 Å². The molecule has 0 fully saturated rings. The van der Waals surface area contributed by atoms with Crippen molar-refractivity contribution in [3.8, 4) is 11.1 Å². The van der Waals surface area contributed by atoms with Crippen molar-refractivity contribution in [3.05, 3.63) is 53.9 Å². The van der Waals surface area contributed by atoms with E-state index in [2.05, 4.69) is 10.3 Å². The Kier molecular flexibility index (Phi) is 4.48. The molecular formula is C16H18N2O2. The van der Waals surface area contributed by atoms with Gasteiger partial charge in [0.15, 0.2) is 0 Å². The third kappa shape index (κ3) is 2.86. The highest BCUT2D eigenvalue weighted by Crippen LogP contribution is 2.24. The van der Waals surface area contributed by atoms with Gasteiger partial charge in [-0.2, -0.15) is 0 Å². The van der Waals surface area contributed by atoms with E-state index in [1.54, 1.807) is 25.4 Å². The third-order valence-electron chi connectivity index (χ3n) is 3.22. The first-order chi connectivity index (χ1) is 9.67. The summed E-state index contributed by atoms with van der Waals surface area (Å²) in [4.78, 5) is 16.1. The third-order valence-corrected chi connectivity index (χ3v) is 3.22. The largest absolute Gasteiger partial charge is 0.387 e. The predicted molar refractivity (Wildman–Crippen MR) is 78.3 cm³/mol. The fourth-order valence-electron chi connectivity index (χ4n) is 2.04. The molecule has 4 heteroatoms. The first kappa shape index (κ1) is 14.2. The van der Waals surface area contributed by atoms with Gasteiger partial charge < -0.3 is 10.4 Å². The fourth-order valence-corrected chi connectivity index (χ4v) is 2.04. The second kappa shape index (κ2) is 6.30. The van der Waals surface area contributed by atoms with E-state index in [0.717, 1.165) is 11.1 Å². The molecule has 1 amide bonds. The number of pyridine rings is 1. The monoisotopic (exact) mass is 270 g/mol. The summed E-state index contributed by atoms with van der Waals surface area (Å²) < 4.78 is 0. The molecule has 4 nitrogen and oxygen atoms in total. The van der Waals surface area contributed by atoms with Crippen molar-refractivity contribution in [1.29, 1.82) is 0 Å². The van der Waals surface area contributed by atoms with Crippen LogP contribution in [0.25, 0.3) is 11.1 Å². The molecule has 0 saturated carbocycles. The Hall–Kier alpha value is -2.20. The van der Waals surface area contributed by atoms with E-state index in [1.807, 2.05) is 31.2 Å². The molecule has 2 rings (SSSR count). The number of hydrogen-bond donors (Lipinski definition) is 2. The van der Waals surface area contributed by atoms with Crippen LogP contribution >= 0.6 is 0 Å². The summed E-state index contributed by atoms with van der Waals surface area (Å²) in [6.07, 6.45) is 1.77. The zero-order valence-electron chi connectivity index (χ0n) is 11.6. The van der Waals surface area contributed by atoms with E-state index in [4.69, 9.17) is 0 Å². The zero-order chi connectivity index (χ0) is 14.5. The average Bonchev–Trinajstić information content (AvgIpc) is 2.53. The van der Waals surface area contributed by atoms with Gasteiger partial charge in [0.05, 0.1) is 11.8 Å². The van der Waals surface area contributed by atoms with Crippen molar-refractivity contribution in [2.45, 2.75) is 19.4 Å². The molecule has 0 spiro atoms. The van der Waals surface area contributed by atoms with Crippen molar-refractivity contribution in [1.82, 2.24) is 10.3 Å². The van der Waals surface area contributed by atoms with Crippen LogP contribution in [0.2, 0.25) is 0 Å². The standard InChI is InChI=1S/C16H18N2O2/c1-3-15(19)14-9-8-11(10-18-14)12-6-4-5-7-13(12)16(20)17-2/h4-10,15,19H,3H2,1-2H3,(H,17,20). The molecule has 0 aliphatic rings. The van der Waals surface area contributed by atoms with Crippen molar-refractivity contribution >= 4 is 5.91 Å². The number of aliphatic hydroxyl groups excluding tert-OH is 1. The van der Waals surface area contributed by atoms with Crippen molar-refractivity contribution in [3.63, 3.8) is 0 Å². The summed E-state index contributed by atoms with van der Waals surface area (Å²) in [6.45, 7) is 1.90. The number of aliphatic hydroxyl groups is 1. The Morgan fingerprint density at radius 1 is 1.30 bits per heavy atom. The molecule has 0 saturated heterocycles. The molecule has 1 unspecified atom stereocenters. The van der Waals surface area contributed by atoms with Crippen LogP contribution in [0.15, 0.2) is 42.6 Å². The predicted octanol–water partition coefficient (Wildman–Crippen LogP) is 2.55. The second-order valence-corrected chi connectivity index (χ2v) is 4.52. The maximum atomic E-state index is 11.9. The highest BCUT2D eigenvalue weighted by atomic mass is 16.3. The van der Waals surface area contributed by atoms with E-state index in [0.29, 0.717) is 17.7 Å². The Labute approximate surface area is 118 Å². The number of carbonyl (C=O) groups excluding carboxylic acids is 1. The SMILES string of the molecule is CCC(O)c1ccc(-c2ccccc2C(=O)NC)cn1. The van der Waals surface area contributed by atoms with Crippen LogP contribution in [0.5, 0.6) is 0 Å². The van der Waals surface area contributed by atoms with Crippen LogP contribution in [-0.4, -0.2) is 23.0 Å². The maximum absolute atomic E-state index is 11.9. The summed E-state index contributed by atoms with van der Waals surface area (Å²) >= 11 is 0. The lowest BCUT2D eigenvalue weighted by Crippen LogP contribution is -2.18. The number of carbonyl (C=O) groups is 1. The van der Waals surface area contributed by atoms with Gasteiger partial charge in [0.2, 0.25) is 0 Å². The topological polar surface area (TPSA) is 62.2 Å². The number of benzene rings is 1. The summed E-state index contributed by atoms with van der Waals surface area (Å²) in [7, 11) is 1.61. The normalized spacial score (nSPS) is 11.9. The molecule has 104 valence electrons. The molecule has 0 radical (unpaired) electrons. The molecule has 0 aliphatic heterocycles. The Morgan fingerprint density at radius 2 is 2.05 bits per heavy atom. The van der Waals surface area contributed by atoms with Gasteiger partial charge in [-0.25, -0.2) is 0 Å².